The van der Waals surface area contributed by atoms with Gasteiger partial charge >= 0.3 is 0 Å². The van der Waals surface area contributed by atoms with E-state index in [0.717, 1.165) is 31.8 Å². The van der Waals surface area contributed by atoms with Crippen LogP contribution in [0.25, 0.3) is 0 Å². The Balaban J connectivity index is 1.45. The number of aliphatic hydroxyl groups is 1. The van der Waals surface area contributed by atoms with Gasteiger partial charge in [-0.05, 0) is 18.9 Å². The second kappa shape index (κ2) is 8.22. The van der Waals surface area contributed by atoms with Gasteiger partial charge in [0.2, 0.25) is 5.89 Å². The summed E-state index contributed by atoms with van der Waals surface area (Å²) in [7, 11) is 0. The van der Waals surface area contributed by atoms with E-state index in [-0.39, 0.29) is 5.91 Å². The molecule has 7 heteroatoms. The minimum atomic E-state index is -0.935. The maximum absolute atomic E-state index is 11.8. The van der Waals surface area contributed by atoms with Crippen LogP contribution < -0.4 is 0 Å². The maximum atomic E-state index is 11.8. The van der Waals surface area contributed by atoms with Gasteiger partial charge in [-0.15, -0.1) is 0 Å². The van der Waals surface area contributed by atoms with E-state index >= 15 is 0 Å². The molecule has 1 amide bonds. The molecule has 2 aromatic rings. The number of aryl methyl sites for hydroxylation is 2. The Hall–Kier alpha value is -2.25. The van der Waals surface area contributed by atoms with E-state index in [2.05, 4.69) is 27.2 Å². The summed E-state index contributed by atoms with van der Waals surface area (Å²) in [5, 5.41) is 13.4. The lowest BCUT2D eigenvalue weighted by Crippen LogP contribution is -2.50. The van der Waals surface area contributed by atoms with E-state index in [9.17, 15) is 9.90 Å². The molecule has 7 nitrogen and oxygen atoms in total. The molecule has 0 saturated carbocycles. The fourth-order valence-electron chi connectivity index (χ4n) is 2.94. The third kappa shape index (κ3) is 4.87. The average molecular weight is 344 g/mol. The molecule has 1 aromatic carbocycles. The van der Waals surface area contributed by atoms with Gasteiger partial charge in [-0.3, -0.25) is 9.69 Å². The lowest BCUT2D eigenvalue weighted by molar-refractivity contribution is -0.141. The van der Waals surface area contributed by atoms with Crippen LogP contribution in [0.4, 0.5) is 0 Å². The highest BCUT2D eigenvalue weighted by Gasteiger charge is 2.24. The van der Waals surface area contributed by atoms with Crippen LogP contribution in [0.2, 0.25) is 0 Å². The first-order chi connectivity index (χ1) is 12.1. The van der Waals surface area contributed by atoms with E-state index in [1.165, 1.54) is 12.5 Å². The van der Waals surface area contributed by atoms with Crippen molar-refractivity contribution in [2.45, 2.75) is 32.4 Å². The molecule has 1 aliphatic heterocycles. The molecular formula is C18H24N4O3. The van der Waals surface area contributed by atoms with Crippen LogP contribution in [-0.4, -0.2) is 63.2 Å². The van der Waals surface area contributed by atoms with Crippen LogP contribution in [0.15, 0.2) is 34.9 Å². The molecule has 0 aliphatic carbocycles. The van der Waals surface area contributed by atoms with E-state index in [1.54, 1.807) is 4.90 Å². The van der Waals surface area contributed by atoms with Gasteiger partial charge in [0.25, 0.3) is 5.91 Å². The average Bonchev–Trinajstić information content (AvgIpc) is 3.08. The van der Waals surface area contributed by atoms with Gasteiger partial charge in [-0.25, -0.2) is 0 Å². The third-order valence-corrected chi connectivity index (χ3v) is 4.39. The third-order valence-electron chi connectivity index (χ3n) is 4.39. The van der Waals surface area contributed by atoms with Crippen LogP contribution in [0.3, 0.4) is 0 Å². The number of nitrogens with zero attached hydrogens (tertiary/aromatic N) is 4. The first-order valence-electron chi connectivity index (χ1n) is 8.66. The first-order valence-corrected chi connectivity index (χ1v) is 8.66. The van der Waals surface area contributed by atoms with Crippen molar-refractivity contribution in [3.63, 3.8) is 0 Å². The number of amides is 1. The molecule has 134 valence electrons. The summed E-state index contributed by atoms with van der Waals surface area (Å²) in [5.41, 5.74) is 1.26. The molecule has 1 aliphatic rings. The molecule has 0 bridgehead atoms. The molecule has 25 heavy (non-hydrogen) atoms. The largest absolute Gasteiger partial charge is 0.384 e. The van der Waals surface area contributed by atoms with Crippen LogP contribution in [-0.2, 0) is 24.2 Å². The van der Waals surface area contributed by atoms with Crippen LogP contribution >= 0.6 is 0 Å². The number of hydrogen-bond acceptors (Lipinski definition) is 6. The van der Waals surface area contributed by atoms with Gasteiger partial charge in [0.15, 0.2) is 5.82 Å². The number of benzene rings is 1. The normalized spacial score (nSPS) is 16.8. The van der Waals surface area contributed by atoms with Crippen molar-refractivity contribution >= 4 is 5.91 Å². The summed E-state index contributed by atoms with van der Waals surface area (Å²) in [6, 6.07) is 10.2. The number of carbonyl (C=O) groups excluding carboxylic acids is 1. The molecular weight excluding hydrogens is 320 g/mol. The highest BCUT2D eigenvalue weighted by Crippen LogP contribution is 2.10. The van der Waals surface area contributed by atoms with Crippen molar-refractivity contribution in [2.75, 3.05) is 26.2 Å². The van der Waals surface area contributed by atoms with Crippen LogP contribution in [0.1, 0.15) is 24.2 Å². The van der Waals surface area contributed by atoms with Crippen molar-refractivity contribution in [1.29, 1.82) is 0 Å². The zero-order valence-electron chi connectivity index (χ0n) is 14.5. The lowest BCUT2D eigenvalue weighted by Gasteiger charge is -2.34. The van der Waals surface area contributed by atoms with Crippen molar-refractivity contribution in [3.05, 3.63) is 47.6 Å². The number of aromatic nitrogens is 2. The summed E-state index contributed by atoms with van der Waals surface area (Å²) in [4.78, 5) is 20.1. The van der Waals surface area contributed by atoms with E-state index in [1.807, 2.05) is 18.2 Å². The highest BCUT2D eigenvalue weighted by atomic mass is 16.5. The van der Waals surface area contributed by atoms with E-state index < -0.39 is 6.10 Å². The predicted molar refractivity (Wildman–Crippen MR) is 91.7 cm³/mol. The summed E-state index contributed by atoms with van der Waals surface area (Å²) >= 11 is 0. The zero-order valence-corrected chi connectivity index (χ0v) is 14.5. The molecule has 1 N–H and O–H groups in total. The van der Waals surface area contributed by atoms with Crippen molar-refractivity contribution in [2.24, 2.45) is 0 Å². The fourth-order valence-corrected chi connectivity index (χ4v) is 2.94. The van der Waals surface area contributed by atoms with Crippen molar-refractivity contribution in [3.8, 4) is 0 Å². The number of rotatable bonds is 6. The van der Waals surface area contributed by atoms with Crippen molar-refractivity contribution < 1.29 is 14.4 Å². The van der Waals surface area contributed by atoms with Gasteiger partial charge in [-0.1, -0.05) is 35.5 Å². The Morgan fingerprint density at radius 3 is 2.60 bits per heavy atom. The highest BCUT2D eigenvalue weighted by molar-refractivity contribution is 5.80. The quantitative estimate of drug-likeness (QED) is 0.838. The summed E-state index contributed by atoms with van der Waals surface area (Å²) < 4.78 is 5.35. The van der Waals surface area contributed by atoms with Gasteiger partial charge in [0.1, 0.15) is 6.10 Å². The molecule has 0 radical (unpaired) electrons. The fraction of sp³-hybridized carbons (Fsp3) is 0.500. The van der Waals surface area contributed by atoms with Gasteiger partial charge in [0.05, 0.1) is 6.54 Å². The topological polar surface area (TPSA) is 82.7 Å². The van der Waals surface area contributed by atoms with Gasteiger partial charge in [0, 0.05) is 32.6 Å². The molecule has 1 fully saturated rings. The predicted octanol–water partition coefficient (Wildman–Crippen LogP) is 0.880. The van der Waals surface area contributed by atoms with E-state index in [4.69, 9.17) is 4.52 Å². The molecule has 1 atom stereocenters. The SMILES string of the molecule is CC(O)C(=O)N1CCN(Cc2nc(CCc3ccccc3)no2)CC1. The Bertz CT molecular complexity index is 679. The summed E-state index contributed by atoms with van der Waals surface area (Å²) in [6.45, 7) is 4.79. The van der Waals surface area contributed by atoms with E-state index in [0.29, 0.717) is 25.5 Å². The maximum Gasteiger partial charge on any atom is 0.251 e. The standard InChI is InChI=1S/C18H24N4O3/c1-14(23)18(24)22-11-9-21(10-12-22)13-17-19-16(20-25-17)8-7-15-5-3-2-4-6-15/h2-6,14,23H,7-13H2,1H3. The Labute approximate surface area is 147 Å². The van der Waals surface area contributed by atoms with Crippen LogP contribution in [0, 0.1) is 0 Å². The molecule has 1 aromatic heterocycles. The lowest BCUT2D eigenvalue weighted by atomic mass is 10.1. The molecule has 2 heterocycles. The van der Waals surface area contributed by atoms with Gasteiger partial charge < -0.3 is 14.5 Å². The second-order valence-electron chi connectivity index (χ2n) is 6.37. The molecule has 1 saturated heterocycles. The Morgan fingerprint density at radius 1 is 1.20 bits per heavy atom. The Kier molecular flexibility index (Phi) is 5.78. The second-order valence-corrected chi connectivity index (χ2v) is 6.37. The monoisotopic (exact) mass is 344 g/mol. The minimum absolute atomic E-state index is 0.208. The van der Waals surface area contributed by atoms with Crippen LogP contribution in [0.5, 0.6) is 0 Å². The number of carbonyl (C=O) groups is 1. The summed E-state index contributed by atoms with van der Waals surface area (Å²) in [6.07, 6.45) is 0.707. The Morgan fingerprint density at radius 2 is 1.92 bits per heavy atom. The molecule has 1 unspecified atom stereocenters. The first kappa shape index (κ1) is 17.6. The van der Waals surface area contributed by atoms with Gasteiger partial charge in [-0.2, -0.15) is 4.98 Å². The number of piperazine rings is 1. The molecule has 3 rings (SSSR count). The summed E-state index contributed by atoms with van der Waals surface area (Å²) in [5.74, 6) is 1.13. The minimum Gasteiger partial charge on any atom is -0.384 e. The molecule has 0 spiro atoms. The zero-order chi connectivity index (χ0) is 17.6. The number of hydrogen-bond donors (Lipinski definition) is 1. The van der Waals surface area contributed by atoms with Crippen molar-refractivity contribution in [1.82, 2.24) is 19.9 Å². The smallest absolute Gasteiger partial charge is 0.251 e. The number of aliphatic hydroxyl groups excluding tert-OH is 1.